The number of aromatic amines is 1. The highest BCUT2D eigenvalue weighted by molar-refractivity contribution is 7.91. The molecule has 0 aliphatic carbocycles. The zero-order valence-electron chi connectivity index (χ0n) is 15.3. The lowest BCUT2D eigenvalue weighted by molar-refractivity contribution is 0.616. The van der Waals surface area contributed by atoms with Crippen LogP contribution in [0.3, 0.4) is 0 Å². The number of hydrogen-bond donors (Lipinski definition) is 3. The van der Waals surface area contributed by atoms with E-state index < -0.39 is 33.1 Å². The van der Waals surface area contributed by atoms with E-state index in [-0.39, 0.29) is 21.7 Å². The van der Waals surface area contributed by atoms with Crippen molar-refractivity contribution in [3.8, 4) is 6.07 Å². The predicted molar refractivity (Wildman–Crippen MR) is 104 cm³/mol. The maximum Gasteiger partial charge on any atom is 0.178 e. The van der Waals surface area contributed by atoms with Gasteiger partial charge < -0.3 is 10.3 Å². The maximum absolute atomic E-state index is 13.6. The van der Waals surface area contributed by atoms with Gasteiger partial charge in [-0.25, -0.2) is 27.7 Å². The lowest BCUT2D eigenvalue weighted by Crippen LogP contribution is -2.16. The summed E-state index contributed by atoms with van der Waals surface area (Å²) in [4.78, 5) is 11.2. The number of nitriles is 1. The quantitative estimate of drug-likeness (QED) is 0.555. The van der Waals surface area contributed by atoms with Crippen LogP contribution in [0.4, 0.5) is 14.6 Å². The van der Waals surface area contributed by atoms with Crippen LogP contribution in [0.2, 0.25) is 5.02 Å². The van der Waals surface area contributed by atoms with E-state index in [1.807, 2.05) is 0 Å². The molecule has 1 aromatic carbocycles. The Morgan fingerprint density at radius 1 is 1.28 bits per heavy atom. The molecule has 0 saturated carbocycles. The van der Waals surface area contributed by atoms with E-state index in [4.69, 9.17) is 21.6 Å². The number of aryl methyl sites for hydroxylation is 1. The van der Waals surface area contributed by atoms with Crippen LogP contribution >= 0.6 is 11.6 Å². The second kappa shape index (κ2) is 7.77. The van der Waals surface area contributed by atoms with Crippen molar-refractivity contribution in [2.45, 2.75) is 18.0 Å². The number of benzene rings is 1. The van der Waals surface area contributed by atoms with Crippen LogP contribution in [0.15, 0.2) is 35.4 Å². The molecule has 3 aromatic rings. The third-order valence-corrected chi connectivity index (χ3v) is 5.45. The third-order valence-electron chi connectivity index (χ3n) is 4.02. The maximum atomic E-state index is 13.6. The van der Waals surface area contributed by atoms with E-state index in [0.29, 0.717) is 11.3 Å². The Labute approximate surface area is 170 Å². The van der Waals surface area contributed by atoms with E-state index >= 15 is 0 Å². The highest BCUT2D eigenvalue weighted by Gasteiger charge is 2.23. The van der Waals surface area contributed by atoms with Gasteiger partial charge in [-0.05, 0) is 36.8 Å². The number of pyridine rings is 1. The summed E-state index contributed by atoms with van der Waals surface area (Å²) in [7, 11) is -3.10. The Bertz CT molecular complexity index is 1240. The number of nitrogens with zero attached hydrogens (tertiary/aromatic N) is 3. The standard InChI is InChI=1S/C18H15ClF2N6OS/c1-9-18(29(2,23)28)27-17(24-9)16(10-3-4-12(20)11(19)7-10)26-15-6-5-13(21)14(8-22)25-15/h3-7,16,23H,1-2H3,(H,24,27)(H,25,26). The van der Waals surface area contributed by atoms with E-state index in [0.717, 1.165) is 6.07 Å². The molecule has 2 aromatic heterocycles. The molecule has 150 valence electrons. The molecule has 0 aliphatic rings. The molecule has 0 saturated heterocycles. The highest BCUT2D eigenvalue weighted by atomic mass is 35.5. The van der Waals surface area contributed by atoms with E-state index in [1.165, 1.54) is 30.5 Å². The molecule has 0 aliphatic heterocycles. The molecule has 0 radical (unpaired) electrons. The van der Waals surface area contributed by atoms with Crippen molar-refractivity contribution in [1.82, 2.24) is 15.0 Å². The Morgan fingerprint density at radius 2 is 1.97 bits per heavy atom. The fourth-order valence-electron chi connectivity index (χ4n) is 2.73. The second-order valence-electron chi connectivity index (χ2n) is 6.29. The van der Waals surface area contributed by atoms with Crippen molar-refractivity contribution in [3.63, 3.8) is 0 Å². The van der Waals surface area contributed by atoms with Crippen molar-refractivity contribution in [3.05, 3.63) is 69.8 Å². The molecule has 0 fully saturated rings. The number of rotatable bonds is 5. The molecule has 3 rings (SSSR count). The van der Waals surface area contributed by atoms with Crippen molar-refractivity contribution in [2.24, 2.45) is 0 Å². The number of nitrogens with one attached hydrogen (secondary N) is 3. The summed E-state index contributed by atoms with van der Waals surface area (Å²) in [5.74, 6) is -0.950. The van der Waals surface area contributed by atoms with Crippen LogP contribution in [0.1, 0.15) is 28.8 Å². The monoisotopic (exact) mass is 436 g/mol. The van der Waals surface area contributed by atoms with Gasteiger partial charge in [0.25, 0.3) is 0 Å². The Hall–Kier alpha value is -3.03. The first kappa shape index (κ1) is 20.7. The Balaban J connectivity index is 2.12. The van der Waals surface area contributed by atoms with Gasteiger partial charge in [0.1, 0.15) is 29.6 Å². The largest absolute Gasteiger partial charge is 0.356 e. The zero-order chi connectivity index (χ0) is 21.3. The molecule has 2 unspecified atom stereocenters. The summed E-state index contributed by atoms with van der Waals surface area (Å²) in [6.45, 7) is 1.63. The van der Waals surface area contributed by atoms with Crippen LogP contribution in [-0.2, 0) is 9.73 Å². The topological polar surface area (TPSA) is 118 Å². The number of H-pyrrole nitrogens is 1. The zero-order valence-corrected chi connectivity index (χ0v) is 16.8. The lowest BCUT2D eigenvalue weighted by atomic mass is 10.1. The van der Waals surface area contributed by atoms with Crippen molar-refractivity contribution in [2.75, 3.05) is 11.6 Å². The van der Waals surface area contributed by atoms with Gasteiger partial charge in [0.15, 0.2) is 16.5 Å². The van der Waals surface area contributed by atoms with E-state index in [2.05, 4.69) is 20.3 Å². The van der Waals surface area contributed by atoms with Crippen LogP contribution in [0.25, 0.3) is 0 Å². The summed E-state index contributed by atoms with van der Waals surface area (Å²) >= 11 is 5.91. The molecule has 2 atom stereocenters. The molecule has 0 spiro atoms. The van der Waals surface area contributed by atoms with Crippen molar-refractivity contribution < 1.29 is 13.0 Å². The molecule has 11 heteroatoms. The molecule has 3 N–H and O–H groups in total. The molecule has 0 bridgehead atoms. The van der Waals surface area contributed by atoms with Crippen molar-refractivity contribution >= 4 is 27.1 Å². The first-order valence-corrected chi connectivity index (χ1v) is 10.5. The Morgan fingerprint density at radius 3 is 2.55 bits per heavy atom. The molecule has 0 amide bonds. The normalized spacial score (nSPS) is 14.1. The van der Waals surface area contributed by atoms with Crippen molar-refractivity contribution in [1.29, 1.82) is 10.0 Å². The number of anilines is 1. The minimum atomic E-state index is -3.10. The summed E-state index contributed by atoms with van der Waals surface area (Å²) < 4.78 is 47.2. The first-order chi connectivity index (χ1) is 13.6. The van der Waals surface area contributed by atoms with Gasteiger partial charge in [-0.3, -0.25) is 0 Å². The SMILES string of the molecule is Cc1[nH]c(C(Nc2ccc(F)c(C#N)n2)c2ccc(F)c(Cl)c2)nc1S(C)(=N)=O. The van der Waals surface area contributed by atoms with Gasteiger partial charge >= 0.3 is 0 Å². The minimum Gasteiger partial charge on any atom is -0.356 e. The van der Waals surface area contributed by atoms with E-state index in [1.54, 1.807) is 13.0 Å². The number of hydrogen-bond acceptors (Lipinski definition) is 6. The second-order valence-corrected chi connectivity index (χ2v) is 8.77. The molecule has 7 nitrogen and oxygen atoms in total. The summed E-state index contributed by atoms with van der Waals surface area (Å²) in [5.41, 5.74) is 0.520. The molecular formula is C18H15ClF2N6OS. The average molecular weight is 437 g/mol. The Kier molecular flexibility index (Phi) is 5.55. The third kappa shape index (κ3) is 4.36. The van der Waals surface area contributed by atoms with Crippen LogP contribution in [-0.4, -0.2) is 25.4 Å². The van der Waals surface area contributed by atoms with Gasteiger partial charge in [0.05, 0.1) is 14.8 Å². The fraction of sp³-hybridized carbons (Fsp3) is 0.167. The minimum absolute atomic E-state index is 0.0808. The number of halogens is 3. The molecular weight excluding hydrogens is 422 g/mol. The molecule has 2 heterocycles. The summed E-state index contributed by atoms with van der Waals surface area (Å²) in [6, 6.07) is 7.31. The number of aromatic nitrogens is 3. The average Bonchev–Trinajstić information content (AvgIpc) is 3.05. The lowest BCUT2D eigenvalue weighted by Gasteiger charge is -2.18. The van der Waals surface area contributed by atoms with Crippen LogP contribution in [0, 0.1) is 34.7 Å². The van der Waals surface area contributed by atoms with Crippen LogP contribution in [0.5, 0.6) is 0 Å². The van der Waals surface area contributed by atoms with Gasteiger partial charge in [0, 0.05) is 11.9 Å². The first-order valence-electron chi connectivity index (χ1n) is 8.18. The predicted octanol–water partition coefficient (Wildman–Crippen LogP) is 4.15. The fourth-order valence-corrected chi connectivity index (χ4v) is 3.83. The molecule has 29 heavy (non-hydrogen) atoms. The van der Waals surface area contributed by atoms with Gasteiger partial charge in [-0.15, -0.1) is 0 Å². The highest BCUT2D eigenvalue weighted by Crippen LogP contribution is 2.29. The summed E-state index contributed by atoms with van der Waals surface area (Å²) in [5, 5.41) is 11.9. The van der Waals surface area contributed by atoms with Crippen LogP contribution < -0.4 is 5.32 Å². The van der Waals surface area contributed by atoms with Gasteiger partial charge in [-0.1, -0.05) is 17.7 Å². The van der Waals surface area contributed by atoms with E-state index in [9.17, 15) is 13.0 Å². The van der Waals surface area contributed by atoms with Gasteiger partial charge in [-0.2, -0.15) is 5.26 Å². The number of imidazole rings is 1. The van der Waals surface area contributed by atoms with Gasteiger partial charge in [0.2, 0.25) is 0 Å². The smallest absolute Gasteiger partial charge is 0.178 e. The summed E-state index contributed by atoms with van der Waals surface area (Å²) in [6.07, 6.45) is 1.25.